The van der Waals surface area contributed by atoms with Crippen molar-refractivity contribution < 1.29 is 4.42 Å². The summed E-state index contributed by atoms with van der Waals surface area (Å²) in [5.41, 5.74) is 11.1. The molecule has 0 atom stereocenters. The number of rotatable bonds is 6. The van der Waals surface area contributed by atoms with Gasteiger partial charge in [-0.1, -0.05) is 146 Å². The van der Waals surface area contributed by atoms with E-state index < -0.39 is 0 Å². The molecule has 0 saturated carbocycles. The minimum atomic E-state index is 0.592. The molecular formula is C51H33N3O. The lowest BCUT2D eigenvalue weighted by Crippen LogP contribution is -2.12. The zero-order valence-electron chi connectivity index (χ0n) is 29.8. The van der Waals surface area contributed by atoms with E-state index in [2.05, 4.69) is 204 Å². The Morgan fingerprint density at radius 2 is 1.13 bits per heavy atom. The van der Waals surface area contributed by atoms with Gasteiger partial charge in [0.15, 0.2) is 5.58 Å². The molecule has 0 amide bonds. The van der Waals surface area contributed by atoms with Crippen molar-refractivity contribution in [1.82, 2.24) is 9.55 Å². The van der Waals surface area contributed by atoms with E-state index in [0.717, 1.165) is 77.7 Å². The van der Waals surface area contributed by atoms with E-state index in [1.807, 2.05) is 6.07 Å². The Morgan fingerprint density at radius 1 is 0.455 bits per heavy atom. The van der Waals surface area contributed by atoms with Crippen LogP contribution in [0.5, 0.6) is 0 Å². The normalized spacial score (nSPS) is 11.6. The van der Waals surface area contributed by atoms with Gasteiger partial charge in [0.05, 0.1) is 28.1 Å². The SMILES string of the molecule is c1ccc(-c2ccccc2N(c2cccc3nc(-c4ccc5ccccc5c4)oc23)c2cc3ccccc3c3c2c2ccccc2n3-c2ccccc2)cc1. The number of para-hydroxylation sites is 4. The molecule has 0 spiro atoms. The molecule has 55 heavy (non-hydrogen) atoms. The molecule has 0 aliphatic rings. The first-order valence-corrected chi connectivity index (χ1v) is 18.6. The summed E-state index contributed by atoms with van der Waals surface area (Å²) in [7, 11) is 0. The third-order valence-electron chi connectivity index (χ3n) is 10.8. The van der Waals surface area contributed by atoms with E-state index in [1.54, 1.807) is 0 Å². The number of aromatic nitrogens is 2. The average Bonchev–Trinajstić information content (AvgIpc) is 3.86. The molecule has 0 bridgehead atoms. The first kappa shape index (κ1) is 31.1. The summed E-state index contributed by atoms with van der Waals surface area (Å²) < 4.78 is 9.33. The number of anilines is 3. The summed E-state index contributed by atoms with van der Waals surface area (Å²) in [5, 5.41) is 7.00. The third-order valence-corrected chi connectivity index (χ3v) is 10.8. The van der Waals surface area contributed by atoms with Crippen molar-refractivity contribution in [3.05, 3.63) is 200 Å². The van der Waals surface area contributed by atoms with Crippen LogP contribution in [0.1, 0.15) is 0 Å². The summed E-state index contributed by atoms with van der Waals surface area (Å²) in [6.45, 7) is 0. The Morgan fingerprint density at radius 3 is 1.98 bits per heavy atom. The fraction of sp³-hybridized carbons (Fsp3) is 0. The maximum absolute atomic E-state index is 6.91. The molecule has 2 heterocycles. The van der Waals surface area contributed by atoms with Gasteiger partial charge in [-0.2, -0.15) is 0 Å². The van der Waals surface area contributed by atoms with Crippen molar-refractivity contribution in [3.8, 4) is 28.3 Å². The van der Waals surface area contributed by atoms with Gasteiger partial charge in [0, 0.05) is 33.0 Å². The van der Waals surface area contributed by atoms with Crippen molar-refractivity contribution in [1.29, 1.82) is 0 Å². The fourth-order valence-electron chi connectivity index (χ4n) is 8.31. The summed E-state index contributed by atoms with van der Waals surface area (Å²) in [6, 6.07) is 70.9. The smallest absolute Gasteiger partial charge is 0.227 e. The largest absolute Gasteiger partial charge is 0.434 e. The van der Waals surface area contributed by atoms with E-state index in [1.165, 1.54) is 16.2 Å². The van der Waals surface area contributed by atoms with Crippen LogP contribution in [0.2, 0.25) is 0 Å². The lowest BCUT2D eigenvalue weighted by molar-refractivity contribution is 0.620. The van der Waals surface area contributed by atoms with Crippen LogP contribution in [0.4, 0.5) is 17.1 Å². The summed E-state index contributed by atoms with van der Waals surface area (Å²) >= 11 is 0. The molecule has 0 unspecified atom stereocenters. The standard InChI is InChI=1S/C51H33N3O/c1-3-17-35(18-4-1)40-23-11-13-27-44(40)54(46-29-15-26-43-50(46)55-51(52-43)38-31-30-34-16-7-8-19-36(34)32-38)47-33-37-20-9-10-24-41(37)49-48(47)42-25-12-14-28-45(42)53(49)39-21-5-2-6-22-39/h1-33H. The van der Waals surface area contributed by atoms with E-state index in [0.29, 0.717) is 5.89 Å². The second-order valence-electron chi connectivity index (χ2n) is 14.0. The van der Waals surface area contributed by atoms with Gasteiger partial charge in [-0.25, -0.2) is 4.98 Å². The number of benzene rings is 9. The minimum Gasteiger partial charge on any atom is -0.434 e. The molecule has 0 saturated heterocycles. The maximum atomic E-state index is 6.91. The van der Waals surface area contributed by atoms with Crippen molar-refractivity contribution in [2.45, 2.75) is 0 Å². The van der Waals surface area contributed by atoms with Crippen LogP contribution >= 0.6 is 0 Å². The van der Waals surface area contributed by atoms with E-state index in [9.17, 15) is 0 Å². The molecule has 2 aromatic heterocycles. The van der Waals surface area contributed by atoms with Crippen LogP contribution in [0.15, 0.2) is 205 Å². The quantitative estimate of drug-likeness (QED) is 0.173. The lowest BCUT2D eigenvalue weighted by Gasteiger charge is -2.29. The maximum Gasteiger partial charge on any atom is 0.227 e. The van der Waals surface area contributed by atoms with Crippen molar-refractivity contribution in [2.24, 2.45) is 0 Å². The molecular weight excluding hydrogens is 671 g/mol. The Bertz CT molecular complexity index is 3210. The summed E-state index contributed by atoms with van der Waals surface area (Å²) in [4.78, 5) is 7.51. The van der Waals surface area contributed by atoms with E-state index in [-0.39, 0.29) is 0 Å². The number of hydrogen-bond acceptors (Lipinski definition) is 3. The lowest BCUT2D eigenvalue weighted by atomic mass is 9.99. The van der Waals surface area contributed by atoms with Crippen molar-refractivity contribution in [3.63, 3.8) is 0 Å². The number of fused-ring (bicyclic) bond motifs is 7. The third kappa shape index (κ3) is 5.03. The Labute approximate surface area is 317 Å². The predicted octanol–water partition coefficient (Wildman–Crippen LogP) is 14.0. The number of hydrogen-bond donors (Lipinski definition) is 0. The van der Waals surface area contributed by atoms with Gasteiger partial charge >= 0.3 is 0 Å². The molecule has 11 rings (SSSR count). The molecule has 258 valence electrons. The van der Waals surface area contributed by atoms with Gasteiger partial charge in [0.25, 0.3) is 0 Å². The van der Waals surface area contributed by atoms with Gasteiger partial charge in [-0.05, 0) is 76.3 Å². The Balaban J connectivity index is 1.27. The highest BCUT2D eigenvalue weighted by molar-refractivity contribution is 6.25. The zero-order chi connectivity index (χ0) is 36.3. The highest BCUT2D eigenvalue weighted by Gasteiger charge is 2.27. The van der Waals surface area contributed by atoms with E-state index in [4.69, 9.17) is 9.40 Å². The minimum absolute atomic E-state index is 0.592. The molecule has 9 aromatic carbocycles. The van der Waals surface area contributed by atoms with Crippen LogP contribution in [-0.2, 0) is 0 Å². The average molecular weight is 704 g/mol. The fourth-order valence-corrected chi connectivity index (χ4v) is 8.31. The van der Waals surface area contributed by atoms with Gasteiger partial charge in [0.1, 0.15) is 5.52 Å². The van der Waals surface area contributed by atoms with Crippen molar-refractivity contribution in [2.75, 3.05) is 4.90 Å². The zero-order valence-corrected chi connectivity index (χ0v) is 29.8. The molecule has 0 radical (unpaired) electrons. The first-order valence-electron chi connectivity index (χ1n) is 18.6. The molecule has 0 aliphatic carbocycles. The predicted molar refractivity (Wildman–Crippen MR) is 229 cm³/mol. The summed E-state index contributed by atoms with van der Waals surface area (Å²) in [5.74, 6) is 0.592. The molecule has 11 aromatic rings. The van der Waals surface area contributed by atoms with Gasteiger partial charge in [-0.3, -0.25) is 0 Å². The number of oxazole rings is 1. The Kier molecular flexibility index (Phi) is 7.14. The molecule has 0 N–H and O–H groups in total. The van der Waals surface area contributed by atoms with Crippen LogP contribution in [0.25, 0.3) is 82.7 Å². The summed E-state index contributed by atoms with van der Waals surface area (Å²) in [6.07, 6.45) is 0. The van der Waals surface area contributed by atoms with E-state index >= 15 is 0 Å². The first-order chi connectivity index (χ1) is 27.3. The topological polar surface area (TPSA) is 34.2 Å². The van der Waals surface area contributed by atoms with Crippen LogP contribution in [0, 0.1) is 0 Å². The monoisotopic (exact) mass is 703 g/mol. The highest BCUT2D eigenvalue weighted by Crippen LogP contribution is 2.50. The van der Waals surface area contributed by atoms with Crippen LogP contribution in [0.3, 0.4) is 0 Å². The highest BCUT2D eigenvalue weighted by atomic mass is 16.3. The molecule has 0 aliphatic heterocycles. The van der Waals surface area contributed by atoms with Gasteiger partial charge in [-0.15, -0.1) is 0 Å². The van der Waals surface area contributed by atoms with Gasteiger partial charge in [0.2, 0.25) is 5.89 Å². The Hall–Kier alpha value is -7.43. The molecule has 0 fully saturated rings. The number of nitrogens with zero attached hydrogens (tertiary/aromatic N) is 3. The van der Waals surface area contributed by atoms with Crippen LogP contribution in [-0.4, -0.2) is 9.55 Å². The second-order valence-corrected chi connectivity index (χ2v) is 14.0. The van der Waals surface area contributed by atoms with Crippen LogP contribution < -0.4 is 4.90 Å². The molecule has 4 heteroatoms. The van der Waals surface area contributed by atoms with Gasteiger partial charge < -0.3 is 13.9 Å². The molecule has 4 nitrogen and oxygen atoms in total. The van der Waals surface area contributed by atoms with Crippen molar-refractivity contribution >= 4 is 71.5 Å². The second kappa shape index (κ2) is 12.6.